The molecule has 0 aromatic heterocycles. The Morgan fingerprint density at radius 3 is 2.33 bits per heavy atom. The van der Waals surface area contributed by atoms with E-state index in [4.69, 9.17) is 4.74 Å². The number of benzene rings is 1. The summed E-state index contributed by atoms with van der Waals surface area (Å²) in [5.74, 6) is 0. The van der Waals surface area contributed by atoms with Crippen LogP contribution in [0.25, 0.3) is 0 Å². The van der Waals surface area contributed by atoms with E-state index in [1.54, 1.807) is 35.6 Å². The van der Waals surface area contributed by atoms with Gasteiger partial charge in [-0.05, 0) is 76.4 Å². The highest BCUT2D eigenvalue weighted by atomic mass is 79.9. The molecule has 0 bridgehead atoms. The number of hydrogen-bond donors (Lipinski definition) is 0. The van der Waals surface area contributed by atoms with Crippen molar-refractivity contribution in [3.8, 4) is 0 Å². The number of hydrogen-bond acceptors (Lipinski definition) is 4. The van der Waals surface area contributed by atoms with Crippen molar-refractivity contribution in [1.82, 2.24) is 9.21 Å². The van der Waals surface area contributed by atoms with E-state index < -0.39 is 10.0 Å². The first-order chi connectivity index (χ1) is 14.3. The fraction of sp³-hybridized carbons (Fsp3) is 0.652. The van der Waals surface area contributed by atoms with Gasteiger partial charge in [-0.3, -0.25) is 0 Å². The van der Waals surface area contributed by atoms with Gasteiger partial charge in [-0.1, -0.05) is 34.8 Å². The maximum Gasteiger partial charge on any atom is 0.243 e. The second kappa shape index (κ2) is 13.0. The van der Waals surface area contributed by atoms with Crippen LogP contribution >= 0.6 is 15.9 Å². The lowest BCUT2D eigenvalue weighted by atomic mass is 9.93. The summed E-state index contributed by atoms with van der Waals surface area (Å²) in [6, 6.07) is 6.89. The average molecular weight is 502 g/mol. The normalized spacial score (nSPS) is 20.0. The van der Waals surface area contributed by atoms with Crippen LogP contribution in [0.15, 0.2) is 46.3 Å². The third-order valence-corrected chi connectivity index (χ3v) is 8.33. The van der Waals surface area contributed by atoms with E-state index in [2.05, 4.69) is 34.5 Å². The molecule has 1 aromatic carbocycles. The van der Waals surface area contributed by atoms with Gasteiger partial charge >= 0.3 is 0 Å². The molecule has 170 valence electrons. The molecule has 0 atom stereocenters. The van der Waals surface area contributed by atoms with Crippen LogP contribution in [-0.4, -0.2) is 63.6 Å². The Kier molecular flexibility index (Phi) is 11.0. The number of likely N-dealkylation sites (N-methyl/N-ethyl adjacent to an activating group) is 1. The molecule has 1 aromatic rings. The van der Waals surface area contributed by atoms with Crippen LogP contribution in [0.4, 0.5) is 0 Å². The number of halogens is 1. The molecule has 0 heterocycles. The topological polar surface area (TPSA) is 49.9 Å². The number of nitrogens with zero attached hydrogens (tertiary/aromatic N) is 2. The summed E-state index contributed by atoms with van der Waals surface area (Å²) < 4.78 is 34.2. The van der Waals surface area contributed by atoms with Gasteiger partial charge in [-0.25, -0.2) is 8.42 Å². The van der Waals surface area contributed by atoms with E-state index in [0.29, 0.717) is 4.90 Å². The molecule has 0 N–H and O–H groups in total. The van der Waals surface area contributed by atoms with Crippen molar-refractivity contribution in [2.24, 2.45) is 0 Å². The van der Waals surface area contributed by atoms with Gasteiger partial charge < -0.3 is 9.64 Å². The van der Waals surface area contributed by atoms with Gasteiger partial charge in [0, 0.05) is 30.7 Å². The van der Waals surface area contributed by atoms with Crippen LogP contribution in [0.1, 0.15) is 51.4 Å². The van der Waals surface area contributed by atoms with Crippen LogP contribution in [-0.2, 0) is 14.8 Å². The molecular weight excluding hydrogens is 464 g/mol. The zero-order chi connectivity index (χ0) is 22.0. The highest BCUT2D eigenvalue weighted by molar-refractivity contribution is 9.10. The van der Waals surface area contributed by atoms with Crippen LogP contribution in [0.2, 0.25) is 0 Å². The number of rotatable bonds is 13. The van der Waals surface area contributed by atoms with Gasteiger partial charge in [0.15, 0.2) is 0 Å². The molecule has 0 aliphatic heterocycles. The minimum absolute atomic E-state index is 0.0473. The van der Waals surface area contributed by atoms with E-state index in [0.717, 1.165) is 56.3 Å². The molecule has 0 spiro atoms. The average Bonchev–Trinajstić information content (AvgIpc) is 2.73. The van der Waals surface area contributed by atoms with Crippen molar-refractivity contribution in [3.63, 3.8) is 0 Å². The Labute approximate surface area is 191 Å². The van der Waals surface area contributed by atoms with Crippen molar-refractivity contribution in [1.29, 1.82) is 0 Å². The molecule has 1 aliphatic rings. The predicted molar refractivity (Wildman–Crippen MR) is 127 cm³/mol. The lowest BCUT2D eigenvalue weighted by molar-refractivity contribution is 0.0156. The second-order valence-corrected chi connectivity index (χ2v) is 11.2. The molecule has 2 rings (SSSR count). The van der Waals surface area contributed by atoms with Crippen molar-refractivity contribution >= 4 is 26.0 Å². The van der Waals surface area contributed by atoms with E-state index in [1.165, 1.54) is 19.3 Å². The summed E-state index contributed by atoms with van der Waals surface area (Å²) in [5.41, 5.74) is 0. The molecular formula is C23H37BrN2O3S. The lowest BCUT2D eigenvalue weighted by Crippen LogP contribution is -2.40. The Morgan fingerprint density at radius 1 is 1.07 bits per heavy atom. The van der Waals surface area contributed by atoms with Crippen molar-refractivity contribution in [2.75, 3.05) is 33.8 Å². The van der Waals surface area contributed by atoms with Gasteiger partial charge in [-0.15, -0.1) is 6.58 Å². The van der Waals surface area contributed by atoms with Crippen LogP contribution in [0, 0.1) is 0 Å². The first-order valence-electron chi connectivity index (χ1n) is 11.0. The summed E-state index contributed by atoms with van der Waals surface area (Å²) in [6.07, 6.45) is 10.5. The Hall–Kier alpha value is -0.730. The zero-order valence-electron chi connectivity index (χ0n) is 18.4. The molecule has 0 radical (unpaired) electrons. The molecule has 1 saturated carbocycles. The predicted octanol–water partition coefficient (Wildman–Crippen LogP) is 5.08. The Balaban J connectivity index is 1.64. The maximum atomic E-state index is 12.9. The number of ether oxygens (including phenoxy) is 1. The Bertz CT molecular complexity index is 731. The molecule has 0 saturated heterocycles. The second-order valence-electron chi connectivity index (χ2n) is 8.24. The van der Waals surface area contributed by atoms with Crippen LogP contribution in [0.3, 0.4) is 0 Å². The molecule has 5 nitrogen and oxygen atoms in total. The van der Waals surface area contributed by atoms with Gasteiger partial charge in [0.05, 0.1) is 11.0 Å². The maximum absolute atomic E-state index is 12.9. The molecule has 0 unspecified atom stereocenters. The van der Waals surface area contributed by atoms with Gasteiger partial charge in [0.25, 0.3) is 0 Å². The van der Waals surface area contributed by atoms with Crippen molar-refractivity contribution in [3.05, 3.63) is 41.4 Å². The van der Waals surface area contributed by atoms with E-state index in [1.807, 2.05) is 6.08 Å². The lowest BCUT2D eigenvalue weighted by Gasteiger charge is -2.34. The minimum Gasteiger partial charge on any atom is -0.378 e. The van der Waals surface area contributed by atoms with Gasteiger partial charge in [-0.2, -0.15) is 4.31 Å². The summed E-state index contributed by atoms with van der Waals surface area (Å²) in [5, 5.41) is 0. The fourth-order valence-electron chi connectivity index (χ4n) is 3.94. The summed E-state index contributed by atoms with van der Waals surface area (Å²) in [6.45, 7) is 6.64. The third-order valence-electron chi connectivity index (χ3n) is 5.88. The fourth-order valence-corrected chi connectivity index (χ4v) is 5.62. The standard InChI is InChI=1S/C23H37BrN2O3S/c1-4-17-25(2)18-7-5-6-8-19-29-22-13-11-21(12-14-22)26(3)30(27,28)23-15-9-20(24)10-16-23/h4,9-10,15-16,21-22H,1,5-8,11-14,17-19H2,2-3H3. The zero-order valence-corrected chi connectivity index (χ0v) is 20.8. The first-order valence-corrected chi connectivity index (χ1v) is 13.2. The third kappa shape index (κ3) is 8.08. The van der Waals surface area contributed by atoms with Gasteiger partial charge in [0.2, 0.25) is 10.0 Å². The first kappa shape index (κ1) is 25.5. The summed E-state index contributed by atoms with van der Waals surface area (Å²) in [7, 11) is 0.382. The largest absolute Gasteiger partial charge is 0.378 e. The van der Waals surface area contributed by atoms with Crippen molar-refractivity contribution in [2.45, 2.75) is 68.4 Å². The molecule has 1 aliphatic carbocycles. The SMILES string of the molecule is C=CCN(C)CCCCCCOC1CCC(N(C)S(=O)(=O)c2ccc(Br)cc2)CC1. The quantitative estimate of drug-likeness (QED) is 0.280. The van der Waals surface area contributed by atoms with Crippen molar-refractivity contribution < 1.29 is 13.2 Å². The van der Waals surface area contributed by atoms with E-state index >= 15 is 0 Å². The molecule has 1 fully saturated rings. The highest BCUT2D eigenvalue weighted by Gasteiger charge is 2.31. The van der Waals surface area contributed by atoms with E-state index in [9.17, 15) is 8.42 Å². The highest BCUT2D eigenvalue weighted by Crippen LogP contribution is 2.28. The minimum atomic E-state index is -3.45. The Morgan fingerprint density at radius 2 is 1.70 bits per heavy atom. The molecule has 0 amide bonds. The monoisotopic (exact) mass is 500 g/mol. The van der Waals surface area contributed by atoms with Gasteiger partial charge in [0.1, 0.15) is 0 Å². The summed E-state index contributed by atoms with van der Waals surface area (Å²) in [4.78, 5) is 2.64. The number of unbranched alkanes of at least 4 members (excludes halogenated alkanes) is 3. The molecule has 30 heavy (non-hydrogen) atoms. The smallest absolute Gasteiger partial charge is 0.243 e. The molecule has 7 heteroatoms. The number of sulfonamides is 1. The van der Waals surface area contributed by atoms with Crippen LogP contribution < -0.4 is 0 Å². The van der Waals surface area contributed by atoms with E-state index in [-0.39, 0.29) is 12.1 Å². The van der Waals surface area contributed by atoms with Crippen LogP contribution in [0.5, 0.6) is 0 Å². The summed E-state index contributed by atoms with van der Waals surface area (Å²) >= 11 is 3.35.